The summed E-state index contributed by atoms with van der Waals surface area (Å²) in [6.07, 6.45) is 0.128. The van der Waals surface area contributed by atoms with Gasteiger partial charge < -0.3 is 10.1 Å². The SMILES string of the molecule is COc1ccc(Cl)cc1S(=O)(=O)N[C@H](Cc1ccccc1)C(=O)NCc1ccc(Cl)cc1Cl. The van der Waals surface area contributed by atoms with E-state index in [1.165, 1.54) is 25.3 Å². The molecule has 3 aromatic carbocycles. The Hall–Kier alpha value is -2.29. The molecule has 0 spiro atoms. The van der Waals surface area contributed by atoms with Crippen molar-refractivity contribution in [2.45, 2.75) is 23.9 Å². The van der Waals surface area contributed by atoms with Crippen molar-refractivity contribution >= 4 is 50.7 Å². The van der Waals surface area contributed by atoms with Gasteiger partial charge in [-0.2, -0.15) is 4.72 Å². The van der Waals surface area contributed by atoms with Gasteiger partial charge in [0.25, 0.3) is 0 Å². The molecule has 0 aliphatic carbocycles. The van der Waals surface area contributed by atoms with Crippen LogP contribution in [-0.4, -0.2) is 27.5 Å². The van der Waals surface area contributed by atoms with Crippen LogP contribution in [0.15, 0.2) is 71.6 Å². The maximum absolute atomic E-state index is 13.2. The van der Waals surface area contributed by atoms with Crippen LogP contribution in [-0.2, 0) is 27.8 Å². The highest BCUT2D eigenvalue weighted by Gasteiger charge is 2.28. The van der Waals surface area contributed by atoms with Crippen LogP contribution in [0.5, 0.6) is 5.75 Å². The molecule has 6 nitrogen and oxygen atoms in total. The van der Waals surface area contributed by atoms with E-state index in [-0.39, 0.29) is 28.6 Å². The van der Waals surface area contributed by atoms with Crippen LogP contribution in [0.4, 0.5) is 0 Å². The highest BCUT2D eigenvalue weighted by Crippen LogP contribution is 2.27. The van der Waals surface area contributed by atoms with Crippen LogP contribution in [0.3, 0.4) is 0 Å². The van der Waals surface area contributed by atoms with Crippen LogP contribution in [0.2, 0.25) is 15.1 Å². The number of amides is 1. The summed E-state index contributed by atoms with van der Waals surface area (Å²) in [5.41, 5.74) is 1.43. The van der Waals surface area contributed by atoms with Crippen molar-refractivity contribution in [3.8, 4) is 5.75 Å². The molecule has 0 heterocycles. The zero-order valence-corrected chi connectivity index (χ0v) is 20.6. The van der Waals surface area contributed by atoms with Gasteiger partial charge in [-0.15, -0.1) is 0 Å². The van der Waals surface area contributed by atoms with Gasteiger partial charge in [0.2, 0.25) is 15.9 Å². The Bertz CT molecular complexity index is 1240. The second-order valence-electron chi connectivity index (χ2n) is 7.11. The lowest BCUT2D eigenvalue weighted by molar-refractivity contribution is -0.122. The molecule has 0 aliphatic heterocycles. The molecule has 1 atom stereocenters. The predicted octanol–water partition coefficient (Wildman–Crippen LogP) is 4.86. The van der Waals surface area contributed by atoms with Gasteiger partial charge in [0, 0.05) is 21.6 Å². The molecular weight excluding hydrogens is 507 g/mol. The van der Waals surface area contributed by atoms with Crippen LogP contribution >= 0.6 is 34.8 Å². The average molecular weight is 528 g/mol. The number of halogens is 3. The molecule has 2 N–H and O–H groups in total. The van der Waals surface area contributed by atoms with Gasteiger partial charge in [0.1, 0.15) is 16.7 Å². The number of carbonyl (C=O) groups excluding carboxylic acids is 1. The van der Waals surface area contributed by atoms with E-state index in [1.54, 1.807) is 18.2 Å². The summed E-state index contributed by atoms with van der Waals surface area (Å²) in [5, 5.41) is 3.83. The van der Waals surface area contributed by atoms with Crippen molar-refractivity contribution in [2.75, 3.05) is 7.11 Å². The molecule has 0 bridgehead atoms. The van der Waals surface area contributed by atoms with Crippen LogP contribution in [0, 0.1) is 0 Å². The number of nitrogens with one attached hydrogen (secondary N) is 2. The van der Waals surface area contributed by atoms with E-state index >= 15 is 0 Å². The van der Waals surface area contributed by atoms with Gasteiger partial charge in [-0.25, -0.2) is 8.42 Å². The lowest BCUT2D eigenvalue weighted by atomic mass is 10.1. The molecule has 10 heteroatoms. The number of carbonyl (C=O) groups is 1. The third-order valence-electron chi connectivity index (χ3n) is 4.78. The Morgan fingerprint density at radius 3 is 2.30 bits per heavy atom. The highest BCUT2D eigenvalue weighted by atomic mass is 35.5. The summed E-state index contributed by atoms with van der Waals surface area (Å²) >= 11 is 18.1. The standard InChI is InChI=1S/C23H21Cl3N2O4S/c1-32-21-10-9-18(25)13-22(21)33(30,31)28-20(11-15-5-3-2-4-6-15)23(29)27-14-16-7-8-17(24)12-19(16)26/h2-10,12-13,20,28H,11,14H2,1H3,(H,27,29)/t20-/m1/s1. The molecule has 0 saturated carbocycles. The number of methoxy groups -OCH3 is 1. The number of ether oxygens (including phenoxy) is 1. The second kappa shape index (κ2) is 11.2. The maximum atomic E-state index is 13.2. The van der Waals surface area contributed by atoms with Gasteiger partial charge in [0.15, 0.2) is 0 Å². The number of sulfonamides is 1. The Balaban J connectivity index is 1.86. The monoisotopic (exact) mass is 526 g/mol. The number of benzene rings is 3. The Labute approximate surface area is 207 Å². The van der Waals surface area contributed by atoms with Crippen LogP contribution in [0.1, 0.15) is 11.1 Å². The van der Waals surface area contributed by atoms with E-state index in [2.05, 4.69) is 10.0 Å². The lowest BCUT2D eigenvalue weighted by Crippen LogP contribution is -2.47. The quantitative estimate of drug-likeness (QED) is 0.416. The second-order valence-corrected chi connectivity index (χ2v) is 10.1. The smallest absolute Gasteiger partial charge is 0.245 e. The molecular formula is C23H21Cl3N2O4S. The molecule has 174 valence electrons. The zero-order chi connectivity index (χ0) is 24.0. The van der Waals surface area contributed by atoms with Gasteiger partial charge in [0.05, 0.1) is 7.11 Å². The van der Waals surface area contributed by atoms with Crippen LogP contribution < -0.4 is 14.8 Å². The molecule has 0 aliphatic rings. The fraction of sp³-hybridized carbons (Fsp3) is 0.174. The number of hydrogen-bond acceptors (Lipinski definition) is 4. The highest BCUT2D eigenvalue weighted by molar-refractivity contribution is 7.89. The predicted molar refractivity (Wildman–Crippen MR) is 131 cm³/mol. The molecule has 0 aromatic heterocycles. The third-order valence-corrected chi connectivity index (χ3v) is 7.09. The summed E-state index contributed by atoms with van der Waals surface area (Å²) < 4.78 is 34.0. The molecule has 1 amide bonds. The zero-order valence-electron chi connectivity index (χ0n) is 17.5. The van der Waals surface area contributed by atoms with Crippen LogP contribution in [0.25, 0.3) is 0 Å². The summed E-state index contributed by atoms with van der Waals surface area (Å²) in [7, 11) is -2.80. The number of hydrogen-bond donors (Lipinski definition) is 2. The van der Waals surface area contributed by atoms with Crippen molar-refractivity contribution in [1.82, 2.24) is 10.0 Å². The number of rotatable bonds is 9. The van der Waals surface area contributed by atoms with Crippen molar-refractivity contribution in [3.05, 3.63) is 92.9 Å². The summed E-state index contributed by atoms with van der Waals surface area (Å²) in [6, 6.07) is 17.1. The third kappa shape index (κ3) is 6.85. The van der Waals surface area contributed by atoms with Gasteiger partial charge >= 0.3 is 0 Å². The van der Waals surface area contributed by atoms with Crippen molar-refractivity contribution in [1.29, 1.82) is 0 Å². The minimum atomic E-state index is -4.15. The largest absolute Gasteiger partial charge is 0.495 e. The topological polar surface area (TPSA) is 84.5 Å². The van der Waals surface area contributed by atoms with E-state index in [0.29, 0.717) is 15.6 Å². The van der Waals surface area contributed by atoms with E-state index in [4.69, 9.17) is 39.5 Å². The van der Waals surface area contributed by atoms with E-state index in [1.807, 2.05) is 30.3 Å². The first kappa shape index (κ1) is 25.3. The van der Waals surface area contributed by atoms with E-state index in [0.717, 1.165) is 5.56 Å². The fourth-order valence-electron chi connectivity index (χ4n) is 3.12. The normalized spacial score (nSPS) is 12.2. The fourth-order valence-corrected chi connectivity index (χ4v) is 5.22. The summed E-state index contributed by atoms with van der Waals surface area (Å²) in [4.78, 5) is 12.9. The van der Waals surface area contributed by atoms with Crippen molar-refractivity contribution in [3.63, 3.8) is 0 Å². The van der Waals surface area contributed by atoms with Crippen molar-refractivity contribution in [2.24, 2.45) is 0 Å². The first-order chi connectivity index (χ1) is 15.7. The molecule has 0 unspecified atom stereocenters. The average Bonchev–Trinajstić information content (AvgIpc) is 2.78. The molecule has 3 aromatic rings. The van der Waals surface area contributed by atoms with Gasteiger partial charge in [-0.05, 0) is 47.9 Å². The van der Waals surface area contributed by atoms with Gasteiger partial charge in [-0.1, -0.05) is 71.2 Å². The molecule has 0 radical (unpaired) electrons. The van der Waals surface area contributed by atoms with E-state index in [9.17, 15) is 13.2 Å². The van der Waals surface area contributed by atoms with Crippen molar-refractivity contribution < 1.29 is 17.9 Å². The van der Waals surface area contributed by atoms with Gasteiger partial charge in [-0.3, -0.25) is 4.79 Å². The maximum Gasteiger partial charge on any atom is 0.245 e. The minimum absolute atomic E-state index is 0.0995. The summed E-state index contributed by atoms with van der Waals surface area (Å²) in [5.74, 6) is -0.409. The lowest BCUT2D eigenvalue weighted by Gasteiger charge is -2.20. The molecule has 33 heavy (non-hydrogen) atoms. The first-order valence-corrected chi connectivity index (χ1v) is 12.4. The van der Waals surface area contributed by atoms with E-state index < -0.39 is 22.0 Å². The summed E-state index contributed by atoms with van der Waals surface area (Å²) in [6.45, 7) is 0.0995. The Morgan fingerprint density at radius 1 is 0.970 bits per heavy atom. The Morgan fingerprint density at radius 2 is 1.64 bits per heavy atom. The molecule has 3 rings (SSSR count). The Kier molecular flexibility index (Phi) is 8.62. The molecule has 0 saturated heterocycles. The first-order valence-electron chi connectivity index (χ1n) is 9.81. The minimum Gasteiger partial charge on any atom is -0.495 e. The molecule has 0 fully saturated rings.